The number of thiol groups is 1. The number of aromatic amines is 1. The number of aliphatic carboxylic acids is 1. The van der Waals surface area contributed by atoms with Gasteiger partial charge in [-0.1, -0.05) is 12.1 Å². The largest absolute Gasteiger partial charge is 0.508 e. The highest BCUT2D eigenvalue weighted by atomic mass is 32.1. The number of hydrogen-bond acceptors (Lipinski definition) is 9. The summed E-state index contributed by atoms with van der Waals surface area (Å²) in [4.78, 5) is 56.6. The minimum Gasteiger partial charge on any atom is -0.508 e. The molecule has 1 heterocycles. The van der Waals surface area contributed by atoms with E-state index in [4.69, 9.17) is 5.73 Å². The van der Waals surface area contributed by atoms with E-state index in [1.807, 2.05) is 0 Å². The summed E-state index contributed by atoms with van der Waals surface area (Å²) in [6.07, 6.45) is 1.30. The Labute approximate surface area is 212 Å². The highest BCUT2D eigenvalue weighted by Gasteiger charge is 2.33. The maximum absolute atomic E-state index is 13.0. The smallest absolute Gasteiger partial charge is 0.326 e. The lowest BCUT2D eigenvalue weighted by molar-refractivity contribution is -0.143. The van der Waals surface area contributed by atoms with Crippen LogP contribution in [0.15, 0.2) is 36.8 Å². The summed E-state index contributed by atoms with van der Waals surface area (Å²) >= 11 is 3.97. The van der Waals surface area contributed by atoms with Gasteiger partial charge in [0.1, 0.15) is 23.9 Å². The zero-order chi connectivity index (χ0) is 26.8. The number of aliphatic hydroxyl groups is 1. The van der Waals surface area contributed by atoms with Crippen molar-refractivity contribution in [3.05, 3.63) is 48.0 Å². The quantitative estimate of drug-likeness (QED) is 0.134. The monoisotopic (exact) mass is 522 g/mol. The first-order valence-electron chi connectivity index (χ1n) is 10.9. The molecular formula is C22H30N6O7S. The first kappa shape index (κ1) is 28.6. The molecule has 0 saturated heterocycles. The number of aromatic hydroxyl groups is 1. The van der Waals surface area contributed by atoms with Crippen molar-refractivity contribution in [2.24, 2.45) is 5.73 Å². The van der Waals surface area contributed by atoms with E-state index in [1.54, 1.807) is 0 Å². The van der Waals surface area contributed by atoms with E-state index in [1.165, 1.54) is 43.7 Å². The Balaban J connectivity index is 2.15. The van der Waals surface area contributed by atoms with Crippen LogP contribution >= 0.6 is 12.6 Å². The number of carboxylic acid groups (broad SMARTS) is 1. The Hall–Kier alpha value is -3.62. The molecule has 0 radical (unpaired) electrons. The summed E-state index contributed by atoms with van der Waals surface area (Å²) in [6.45, 7) is 1.25. The first-order chi connectivity index (χ1) is 17.0. The highest BCUT2D eigenvalue weighted by molar-refractivity contribution is 7.80. The van der Waals surface area contributed by atoms with Gasteiger partial charge in [-0.2, -0.15) is 12.6 Å². The zero-order valence-corrected chi connectivity index (χ0v) is 20.3. The second kappa shape index (κ2) is 13.5. The van der Waals surface area contributed by atoms with E-state index >= 15 is 0 Å². The third-order valence-corrected chi connectivity index (χ3v) is 5.59. The van der Waals surface area contributed by atoms with Crippen LogP contribution < -0.4 is 21.7 Å². The van der Waals surface area contributed by atoms with E-state index in [0.717, 1.165) is 0 Å². The van der Waals surface area contributed by atoms with Crippen molar-refractivity contribution in [3.63, 3.8) is 0 Å². The number of benzene rings is 1. The molecule has 9 N–H and O–H groups in total. The second-order valence-electron chi connectivity index (χ2n) is 8.13. The standard InChI is InChI=1S/C22H30N6O7S/c1-11(29)18(21(33)27-17(22(34)35)6-12-2-4-14(30)5-3-12)28-20(32)16(7-13-8-24-10-25-13)26-19(31)15(23)9-36/h2-5,8,10-11,15-18,29-30,36H,6-7,9,23H2,1H3,(H,24,25)(H,26,31)(H,27,33)(H,28,32)(H,34,35). The molecule has 36 heavy (non-hydrogen) atoms. The van der Waals surface area contributed by atoms with Gasteiger partial charge in [-0.3, -0.25) is 14.4 Å². The number of aliphatic hydroxyl groups excluding tert-OH is 1. The molecule has 14 heteroatoms. The number of carboxylic acids is 1. The van der Waals surface area contributed by atoms with Crippen LogP contribution in [0.5, 0.6) is 5.75 Å². The fourth-order valence-electron chi connectivity index (χ4n) is 3.18. The summed E-state index contributed by atoms with van der Waals surface area (Å²) in [6, 6.07) is 0.675. The molecule has 2 aromatic rings. The molecule has 0 bridgehead atoms. The number of amides is 3. The maximum Gasteiger partial charge on any atom is 0.326 e. The van der Waals surface area contributed by atoms with Gasteiger partial charge in [-0.15, -0.1) is 0 Å². The number of nitrogens with zero attached hydrogens (tertiary/aromatic N) is 1. The van der Waals surface area contributed by atoms with Crippen LogP contribution in [0.25, 0.3) is 0 Å². The number of rotatable bonds is 13. The van der Waals surface area contributed by atoms with Crippen LogP contribution in [0.1, 0.15) is 18.2 Å². The minimum absolute atomic E-state index is 0.00126. The lowest BCUT2D eigenvalue weighted by atomic mass is 10.0. The van der Waals surface area contributed by atoms with Gasteiger partial charge < -0.3 is 42.0 Å². The van der Waals surface area contributed by atoms with Crippen LogP contribution in [0.4, 0.5) is 0 Å². The topological polar surface area (TPSA) is 220 Å². The Morgan fingerprint density at radius 2 is 1.67 bits per heavy atom. The number of nitrogens with one attached hydrogen (secondary N) is 4. The SMILES string of the molecule is CC(O)C(NC(=O)C(Cc1cnc[nH]1)NC(=O)C(N)CS)C(=O)NC(Cc1ccc(O)cc1)C(=O)O. The Bertz CT molecular complexity index is 1030. The molecular weight excluding hydrogens is 492 g/mol. The summed E-state index contributed by atoms with van der Waals surface area (Å²) in [5.74, 6) is -3.71. The molecule has 1 aromatic heterocycles. The molecule has 0 spiro atoms. The van der Waals surface area contributed by atoms with Crippen LogP contribution in [0.3, 0.4) is 0 Å². The summed E-state index contributed by atoms with van der Waals surface area (Å²) in [7, 11) is 0. The predicted octanol–water partition coefficient (Wildman–Crippen LogP) is -1.92. The number of phenols is 1. The molecule has 5 atom stereocenters. The number of carbonyl (C=O) groups excluding carboxylic acids is 3. The fraction of sp³-hybridized carbons (Fsp3) is 0.409. The van der Waals surface area contributed by atoms with Gasteiger partial charge >= 0.3 is 5.97 Å². The molecule has 0 aliphatic carbocycles. The molecule has 0 saturated carbocycles. The Morgan fingerprint density at radius 1 is 1.03 bits per heavy atom. The third kappa shape index (κ3) is 8.55. The zero-order valence-electron chi connectivity index (χ0n) is 19.4. The van der Waals surface area contributed by atoms with Gasteiger partial charge in [0.2, 0.25) is 17.7 Å². The van der Waals surface area contributed by atoms with Gasteiger partial charge in [0.15, 0.2) is 0 Å². The summed E-state index contributed by atoms with van der Waals surface area (Å²) < 4.78 is 0. The van der Waals surface area contributed by atoms with E-state index in [2.05, 4.69) is 38.5 Å². The Kier molecular flexibility index (Phi) is 10.7. The summed E-state index contributed by atoms with van der Waals surface area (Å²) in [5, 5.41) is 36.3. The fourth-order valence-corrected chi connectivity index (χ4v) is 3.34. The van der Waals surface area contributed by atoms with Crippen molar-refractivity contribution in [1.82, 2.24) is 25.9 Å². The van der Waals surface area contributed by atoms with Gasteiger partial charge in [0, 0.05) is 30.5 Å². The lowest BCUT2D eigenvalue weighted by Gasteiger charge is -2.26. The van der Waals surface area contributed by atoms with Crippen LogP contribution in [-0.4, -0.2) is 85.0 Å². The first-order valence-corrected chi connectivity index (χ1v) is 11.6. The van der Waals surface area contributed by atoms with E-state index in [0.29, 0.717) is 11.3 Å². The van der Waals surface area contributed by atoms with E-state index < -0.39 is 54.0 Å². The van der Waals surface area contributed by atoms with Crippen molar-refractivity contribution >= 4 is 36.3 Å². The maximum atomic E-state index is 13.0. The number of imidazole rings is 1. The van der Waals surface area contributed by atoms with Crippen molar-refractivity contribution in [3.8, 4) is 5.75 Å². The van der Waals surface area contributed by atoms with Crippen LogP contribution in [0, 0.1) is 0 Å². The molecule has 5 unspecified atom stereocenters. The molecule has 0 aliphatic rings. The molecule has 196 valence electrons. The van der Waals surface area contributed by atoms with Gasteiger partial charge in [0.25, 0.3) is 0 Å². The molecule has 13 nitrogen and oxygen atoms in total. The molecule has 0 fully saturated rings. The van der Waals surface area contributed by atoms with Crippen molar-refractivity contribution in [1.29, 1.82) is 0 Å². The van der Waals surface area contributed by atoms with Crippen molar-refractivity contribution in [2.45, 2.75) is 50.0 Å². The van der Waals surface area contributed by atoms with Crippen molar-refractivity contribution < 1.29 is 34.5 Å². The minimum atomic E-state index is -1.53. The number of hydrogen-bond donors (Lipinski definition) is 9. The van der Waals surface area contributed by atoms with E-state index in [-0.39, 0.29) is 24.3 Å². The number of carbonyl (C=O) groups is 4. The molecule has 0 aliphatic heterocycles. The molecule has 2 rings (SSSR count). The van der Waals surface area contributed by atoms with Crippen LogP contribution in [0.2, 0.25) is 0 Å². The third-order valence-electron chi connectivity index (χ3n) is 5.20. The van der Waals surface area contributed by atoms with Crippen LogP contribution in [-0.2, 0) is 32.0 Å². The second-order valence-corrected chi connectivity index (χ2v) is 8.49. The molecule has 3 amide bonds. The van der Waals surface area contributed by atoms with E-state index in [9.17, 15) is 34.5 Å². The number of nitrogens with two attached hydrogens (primary N) is 1. The van der Waals surface area contributed by atoms with Gasteiger partial charge in [-0.25, -0.2) is 9.78 Å². The normalized spacial score (nSPS) is 15.1. The number of H-pyrrole nitrogens is 1. The number of phenolic OH excluding ortho intramolecular Hbond substituents is 1. The predicted molar refractivity (Wildman–Crippen MR) is 131 cm³/mol. The Morgan fingerprint density at radius 3 is 2.19 bits per heavy atom. The average Bonchev–Trinajstić information content (AvgIpc) is 3.35. The molecule has 1 aromatic carbocycles. The summed E-state index contributed by atoms with van der Waals surface area (Å²) in [5.41, 5.74) is 6.71. The van der Waals surface area contributed by atoms with Crippen molar-refractivity contribution in [2.75, 3.05) is 5.75 Å². The van der Waals surface area contributed by atoms with Gasteiger partial charge in [0.05, 0.1) is 18.5 Å². The average molecular weight is 523 g/mol. The van der Waals surface area contributed by atoms with Gasteiger partial charge in [-0.05, 0) is 24.6 Å². The lowest BCUT2D eigenvalue weighted by Crippen LogP contribution is -2.60. The highest BCUT2D eigenvalue weighted by Crippen LogP contribution is 2.12. The number of aromatic nitrogens is 2.